The highest BCUT2D eigenvalue weighted by atomic mass is 79.9. The molecule has 2 N–H and O–H groups in total. The summed E-state index contributed by atoms with van der Waals surface area (Å²) < 4.78 is 2.38. The number of carbonyl (C=O) groups is 1. The molecule has 0 aliphatic rings. The monoisotopic (exact) mass is 352 g/mol. The van der Waals surface area contributed by atoms with Crippen molar-refractivity contribution in [3.05, 3.63) is 40.1 Å². The van der Waals surface area contributed by atoms with Gasteiger partial charge in [-0.3, -0.25) is 4.79 Å². The zero-order valence-electron chi connectivity index (χ0n) is 11.9. The molecule has 2 aromatic rings. The van der Waals surface area contributed by atoms with Gasteiger partial charge in [-0.1, -0.05) is 28.1 Å². The van der Waals surface area contributed by atoms with Crippen molar-refractivity contribution in [2.45, 2.75) is 32.9 Å². The molecule has 0 saturated heterocycles. The third-order valence-electron chi connectivity index (χ3n) is 3.05. The quantitative estimate of drug-likeness (QED) is 0.865. The van der Waals surface area contributed by atoms with Crippen LogP contribution in [0.3, 0.4) is 0 Å². The average molecular weight is 353 g/mol. The van der Waals surface area contributed by atoms with E-state index >= 15 is 0 Å². The molecule has 0 aliphatic carbocycles. The molecule has 1 atom stereocenters. The van der Waals surface area contributed by atoms with E-state index in [2.05, 4.69) is 31.6 Å². The third-order valence-corrected chi connectivity index (χ3v) is 3.55. The lowest BCUT2D eigenvalue weighted by Gasteiger charge is -2.08. The van der Waals surface area contributed by atoms with Gasteiger partial charge in [-0.2, -0.15) is 0 Å². The van der Waals surface area contributed by atoms with Gasteiger partial charge >= 0.3 is 0 Å². The Labute approximate surface area is 131 Å². The SMILES string of the molecule is CCC(O)c1cn(CC(=O)Nc2ccc(Br)cc2C)nn1. The Hall–Kier alpha value is -1.73. The molecule has 112 valence electrons. The molecule has 1 amide bonds. The van der Waals surface area contributed by atoms with Crippen LogP contribution in [-0.2, 0) is 11.3 Å². The normalized spacial score (nSPS) is 12.2. The summed E-state index contributed by atoms with van der Waals surface area (Å²) in [6.07, 6.45) is 1.50. The second-order valence-electron chi connectivity index (χ2n) is 4.77. The molecule has 6 nitrogen and oxygen atoms in total. The number of hydrogen-bond acceptors (Lipinski definition) is 4. The van der Waals surface area contributed by atoms with E-state index < -0.39 is 6.10 Å². The molecule has 0 aliphatic heterocycles. The van der Waals surface area contributed by atoms with E-state index in [1.54, 1.807) is 6.20 Å². The highest BCUT2D eigenvalue weighted by Gasteiger charge is 2.12. The number of aliphatic hydroxyl groups is 1. The van der Waals surface area contributed by atoms with Gasteiger partial charge in [0.05, 0.1) is 12.3 Å². The molecule has 1 heterocycles. The van der Waals surface area contributed by atoms with E-state index in [-0.39, 0.29) is 12.5 Å². The number of carbonyl (C=O) groups excluding carboxylic acids is 1. The van der Waals surface area contributed by atoms with Crippen molar-refractivity contribution in [2.24, 2.45) is 0 Å². The number of nitrogens with zero attached hydrogens (tertiary/aromatic N) is 3. The largest absolute Gasteiger partial charge is 0.387 e. The average Bonchev–Trinajstić information content (AvgIpc) is 2.89. The van der Waals surface area contributed by atoms with Crippen LogP contribution < -0.4 is 5.32 Å². The fourth-order valence-electron chi connectivity index (χ4n) is 1.86. The minimum absolute atomic E-state index is 0.0545. The van der Waals surface area contributed by atoms with Crippen LogP contribution in [-0.4, -0.2) is 26.0 Å². The fourth-order valence-corrected chi connectivity index (χ4v) is 2.33. The molecule has 1 aromatic carbocycles. The summed E-state index contributed by atoms with van der Waals surface area (Å²) in [7, 11) is 0. The Kier molecular flexibility index (Phi) is 5.08. The van der Waals surface area contributed by atoms with Crippen LogP contribution >= 0.6 is 15.9 Å². The van der Waals surface area contributed by atoms with E-state index in [9.17, 15) is 9.90 Å². The second kappa shape index (κ2) is 6.82. The van der Waals surface area contributed by atoms with Crippen molar-refractivity contribution in [2.75, 3.05) is 5.32 Å². The second-order valence-corrected chi connectivity index (χ2v) is 5.69. The maximum atomic E-state index is 12.0. The van der Waals surface area contributed by atoms with Gasteiger partial charge in [-0.25, -0.2) is 4.68 Å². The Morgan fingerprint density at radius 3 is 2.95 bits per heavy atom. The van der Waals surface area contributed by atoms with Gasteiger partial charge in [0.15, 0.2) is 0 Å². The summed E-state index contributed by atoms with van der Waals surface area (Å²) in [5, 5.41) is 20.2. The van der Waals surface area contributed by atoms with Crippen molar-refractivity contribution in [3.8, 4) is 0 Å². The van der Waals surface area contributed by atoms with Gasteiger partial charge in [0.1, 0.15) is 12.2 Å². The van der Waals surface area contributed by atoms with Gasteiger partial charge < -0.3 is 10.4 Å². The first kappa shape index (κ1) is 15.7. The maximum absolute atomic E-state index is 12.0. The highest BCUT2D eigenvalue weighted by Crippen LogP contribution is 2.20. The Morgan fingerprint density at radius 1 is 1.52 bits per heavy atom. The van der Waals surface area contributed by atoms with E-state index in [0.717, 1.165) is 15.7 Å². The smallest absolute Gasteiger partial charge is 0.246 e. The Morgan fingerprint density at radius 2 is 2.29 bits per heavy atom. The van der Waals surface area contributed by atoms with E-state index in [1.165, 1.54) is 4.68 Å². The molecule has 1 unspecified atom stereocenters. The van der Waals surface area contributed by atoms with Gasteiger partial charge in [0, 0.05) is 10.2 Å². The number of nitrogens with one attached hydrogen (secondary N) is 1. The van der Waals surface area contributed by atoms with Crippen LogP contribution in [0, 0.1) is 6.92 Å². The number of hydrogen-bond donors (Lipinski definition) is 2. The minimum atomic E-state index is -0.643. The van der Waals surface area contributed by atoms with Crippen molar-refractivity contribution < 1.29 is 9.90 Å². The number of aryl methyl sites for hydroxylation is 1. The number of amides is 1. The van der Waals surface area contributed by atoms with Crippen LogP contribution in [0.2, 0.25) is 0 Å². The number of aliphatic hydroxyl groups excluding tert-OH is 1. The predicted octanol–water partition coefficient (Wildman–Crippen LogP) is 2.43. The van der Waals surface area contributed by atoms with Gasteiger partial charge in [0.25, 0.3) is 0 Å². The standard InChI is InChI=1S/C14H17BrN4O2/c1-3-13(20)12-7-19(18-17-12)8-14(21)16-11-5-4-10(15)6-9(11)2/h4-7,13,20H,3,8H2,1-2H3,(H,16,21). The first-order chi connectivity index (χ1) is 9.99. The zero-order chi connectivity index (χ0) is 15.4. The van der Waals surface area contributed by atoms with Crippen LogP contribution in [0.1, 0.15) is 30.7 Å². The molecule has 0 spiro atoms. The zero-order valence-corrected chi connectivity index (χ0v) is 13.5. The highest BCUT2D eigenvalue weighted by molar-refractivity contribution is 9.10. The van der Waals surface area contributed by atoms with Crippen molar-refractivity contribution in [1.29, 1.82) is 0 Å². The molecule has 0 radical (unpaired) electrons. The first-order valence-corrected chi connectivity index (χ1v) is 7.43. The maximum Gasteiger partial charge on any atom is 0.246 e. The van der Waals surface area contributed by atoms with Crippen LogP contribution in [0.4, 0.5) is 5.69 Å². The van der Waals surface area contributed by atoms with Gasteiger partial charge in [0.2, 0.25) is 5.91 Å². The van der Waals surface area contributed by atoms with E-state index in [4.69, 9.17) is 0 Å². The lowest BCUT2D eigenvalue weighted by atomic mass is 10.2. The summed E-state index contributed by atoms with van der Waals surface area (Å²) in [5.74, 6) is -0.192. The lowest BCUT2D eigenvalue weighted by molar-refractivity contribution is -0.116. The number of aromatic nitrogens is 3. The van der Waals surface area contributed by atoms with E-state index in [1.807, 2.05) is 32.0 Å². The summed E-state index contributed by atoms with van der Waals surface area (Å²) >= 11 is 3.38. The van der Waals surface area contributed by atoms with Crippen LogP contribution in [0.5, 0.6) is 0 Å². The van der Waals surface area contributed by atoms with Crippen molar-refractivity contribution in [3.63, 3.8) is 0 Å². The molecule has 0 saturated carbocycles. The molecular formula is C14H17BrN4O2. The molecule has 21 heavy (non-hydrogen) atoms. The number of rotatable bonds is 5. The molecule has 0 bridgehead atoms. The van der Waals surface area contributed by atoms with Gasteiger partial charge in [-0.05, 0) is 37.1 Å². The van der Waals surface area contributed by atoms with Crippen LogP contribution in [0.25, 0.3) is 0 Å². The summed E-state index contributed by atoms with van der Waals surface area (Å²) in [6.45, 7) is 3.83. The summed E-state index contributed by atoms with van der Waals surface area (Å²) in [5.41, 5.74) is 2.21. The predicted molar refractivity (Wildman–Crippen MR) is 82.8 cm³/mol. The van der Waals surface area contributed by atoms with Crippen molar-refractivity contribution >= 4 is 27.5 Å². The van der Waals surface area contributed by atoms with Gasteiger partial charge in [-0.15, -0.1) is 5.10 Å². The number of benzene rings is 1. The fraction of sp³-hybridized carbons (Fsp3) is 0.357. The third kappa shape index (κ3) is 4.12. The number of halogens is 1. The molecular weight excluding hydrogens is 336 g/mol. The van der Waals surface area contributed by atoms with Crippen molar-refractivity contribution in [1.82, 2.24) is 15.0 Å². The molecule has 7 heteroatoms. The number of anilines is 1. The summed E-state index contributed by atoms with van der Waals surface area (Å²) in [6, 6.07) is 5.64. The minimum Gasteiger partial charge on any atom is -0.387 e. The molecule has 2 rings (SSSR count). The first-order valence-electron chi connectivity index (χ1n) is 6.63. The molecule has 1 aromatic heterocycles. The van der Waals surface area contributed by atoms with E-state index in [0.29, 0.717) is 12.1 Å². The van der Waals surface area contributed by atoms with Crippen LogP contribution in [0.15, 0.2) is 28.9 Å². The molecule has 0 fully saturated rings. The Balaban J connectivity index is 2.00. The topological polar surface area (TPSA) is 80.0 Å². The summed E-state index contributed by atoms with van der Waals surface area (Å²) in [4.78, 5) is 12.0. The Bertz CT molecular complexity index is 642. The lowest BCUT2D eigenvalue weighted by Crippen LogP contribution is -2.19.